The van der Waals surface area contributed by atoms with Crippen molar-refractivity contribution in [2.45, 2.75) is 32.6 Å². The van der Waals surface area contributed by atoms with Gasteiger partial charge in [0.2, 0.25) is 0 Å². The van der Waals surface area contributed by atoms with Gasteiger partial charge in [0.15, 0.2) is 4.96 Å². The van der Waals surface area contributed by atoms with Crippen LogP contribution in [0.4, 0.5) is 0 Å². The van der Waals surface area contributed by atoms with E-state index in [1.54, 1.807) is 11.3 Å². The molecule has 0 spiro atoms. The van der Waals surface area contributed by atoms with Crippen molar-refractivity contribution in [3.05, 3.63) is 46.1 Å². The lowest BCUT2D eigenvalue weighted by atomic mass is 10.0. The normalized spacial score (nSPS) is 17.1. The molecule has 0 fully saturated rings. The van der Waals surface area contributed by atoms with E-state index in [2.05, 4.69) is 32.0 Å². The minimum atomic E-state index is -0.736. The van der Waals surface area contributed by atoms with Crippen LogP contribution in [0.3, 0.4) is 0 Å². The molecule has 5 heteroatoms. The average molecular weight is 312 g/mol. The third kappa shape index (κ3) is 1.89. The van der Waals surface area contributed by atoms with Crippen LogP contribution in [0.1, 0.15) is 34.0 Å². The lowest BCUT2D eigenvalue weighted by Gasteiger charge is -2.04. The van der Waals surface area contributed by atoms with Gasteiger partial charge in [-0.2, -0.15) is 0 Å². The highest BCUT2D eigenvalue weighted by Crippen LogP contribution is 2.39. The van der Waals surface area contributed by atoms with Crippen molar-refractivity contribution in [2.24, 2.45) is 0 Å². The molecule has 3 aromatic rings. The Hall–Kier alpha value is -2.14. The van der Waals surface area contributed by atoms with Crippen LogP contribution in [0.5, 0.6) is 0 Å². The Morgan fingerprint density at radius 3 is 2.91 bits per heavy atom. The first kappa shape index (κ1) is 13.5. The minimum Gasteiger partial charge on any atom is -0.481 e. The molecule has 1 N–H and O–H groups in total. The van der Waals surface area contributed by atoms with Gasteiger partial charge in [-0.15, -0.1) is 11.3 Å². The van der Waals surface area contributed by atoms with E-state index in [0.717, 1.165) is 28.3 Å². The van der Waals surface area contributed by atoms with Crippen LogP contribution in [-0.2, 0) is 11.2 Å². The number of carbonyl (C=O) groups is 1. The van der Waals surface area contributed by atoms with Crippen LogP contribution in [0.2, 0.25) is 0 Å². The molecule has 1 atom stereocenters. The number of imidazole rings is 1. The van der Waals surface area contributed by atoms with Gasteiger partial charge in [-0.1, -0.05) is 12.1 Å². The van der Waals surface area contributed by atoms with E-state index in [9.17, 15) is 9.90 Å². The number of aliphatic carboxylic acids is 1. The smallest absolute Gasteiger partial charge is 0.312 e. The summed E-state index contributed by atoms with van der Waals surface area (Å²) in [4.78, 5) is 18.2. The van der Waals surface area contributed by atoms with Gasteiger partial charge in [0, 0.05) is 16.6 Å². The highest BCUT2D eigenvalue weighted by Gasteiger charge is 2.33. The molecule has 4 rings (SSSR count). The maximum absolute atomic E-state index is 11.4. The van der Waals surface area contributed by atoms with Crippen LogP contribution in [0, 0.1) is 13.8 Å². The van der Waals surface area contributed by atoms with Crippen molar-refractivity contribution in [3.63, 3.8) is 0 Å². The van der Waals surface area contributed by atoms with Crippen molar-refractivity contribution >= 4 is 22.3 Å². The van der Waals surface area contributed by atoms with Gasteiger partial charge in [-0.25, -0.2) is 4.98 Å². The Morgan fingerprint density at radius 2 is 2.18 bits per heavy atom. The van der Waals surface area contributed by atoms with Gasteiger partial charge in [-0.3, -0.25) is 9.20 Å². The van der Waals surface area contributed by atoms with Crippen LogP contribution >= 0.6 is 11.3 Å². The van der Waals surface area contributed by atoms with Crippen molar-refractivity contribution < 1.29 is 9.90 Å². The first-order valence-electron chi connectivity index (χ1n) is 7.35. The number of nitrogens with zero attached hydrogens (tertiary/aromatic N) is 2. The maximum atomic E-state index is 11.4. The second kappa shape index (κ2) is 4.68. The summed E-state index contributed by atoms with van der Waals surface area (Å²) in [7, 11) is 0. The summed E-state index contributed by atoms with van der Waals surface area (Å²) in [5.74, 6) is -1.13. The molecule has 1 aromatic carbocycles. The van der Waals surface area contributed by atoms with Crippen LogP contribution < -0.4 is 0 Å². The summed E-state index contributed by atoms with van der Waals surface area (Å²) >= 11 is 1.62. The number of hydrogen-bond donors (Lipinski definition) is 1. The molecule has 4 nitrogen and oxygen atoms in total. The van der Waals surface area contributed by atoms with Crippen LogP contribution in [0.15, 0.2) is 24.4 Å². The van der Waals surface area contributed by atoms with E-state index in [1.165, 1.54) is 16.0 Å². The molecule has 0 bridgehead atoms. The predicted molar refractivity (Wildman–Crippen MR) is 86.7 cm³/mol. The fraction of sp³-hybridized carbons (Fsp3) is 0.294. The van der Waals surface area contributed by atoms with Gasteiger partial charge in [-0.05, 0) is 43.9 Å². The van der Waals surface area contributed by atoms with E-state index in [1.807, 2.05) is 10.6 Å². The van der Waals surface area contributed by atoms with E-state index < -0.39 is 11.9 Å². The number of aryl methyl sites for hydroxylation is 3. The van der Waals surface area contributed by atoms with Crippen LogP contribution in [-0.4, -0.2) is 20.5 Å². The Morgan fingerprint density at radius 1 is 1.36 bits per heavy atom. The number of rotatable bonds is 2. The zero-order chi connectivity index (χ0) is 15.4. The molecule has 0 aliphatic heterocycles. The number of fused-ring (bicyclic) bond motifs is 3. The summed E-state index contributed by atoms with van der Waals surface area (Å²) in [6.45, 7) is 4.19. The second-order valence-corrected chi connectivity index (χ2v) is 6.98. The zero-order valence-corrected chi connectivity index (χ0v) is 13.3. The molecule has 0 saturated carbocycles. The van der Waals surface area contributed by atoms with Crippen molar-refractivity contribution in [1.82, 2.24) is 9.38 Å². The first-order valence-corrected chi connectivity index (χ1v) is 8.17. The van der Waals surface area contributed by atoms with E-state index in [4.69, 9.17) is 4.98 Å². The molecule has 22 heavy (non-hydrogen) atoms. The van der Waals surface area contributed by atoms with E-state index in [0.29, 0.717) is 6.42 Å². The quantitative estimate of drug-likeness (QED) is 0.783. The summed E-state index contributed by atoms with van der Waals surface area (Å²) < 4.78 is 1.98. The molecule has 1 aliphatic rings. The Balaban J connectivity index is 1.85. The van der Waals surface area contributed by atoms with E-state index in [-0.39, 0.29) is 0 Å². The molecular formula is C17H16N2O2S. The molecule has 1 unspecified atom stereocenters. The van der Waals surface area contributed by atoms with E-state index >= 15 is 0 Å². The van der Waals surface area contributed by atoms with Crippen molar-refractivity contribution in [2.75, 3.05) is 0 Å². The summed E-state index contributed by atoms with van der Waals surface area (Å²) in [6, 6.07) is 6.31. The molecule has 0 amide bonds. The Kier molecular flexibility index (Phi) is 2.87. The number of thiazole rings is 1. The third-order valence-corrected chi connectivity index (χ3v) is 5.65. The monoisotopic (exact) mass is 312 g/mol. The topological polar surface area (TPSA) is 54.6 Å². The summed E-state index contributed by atoms with van der Waals surface area (Å²) in [5.41, 5.74) is 5.42. The molecule has 0 radical (unpaired) electrons. The minimum absolute atomic E-state index is 0.398. The summed E-state index contributed by atoms with van der Waals surface area (Å²) in [6.07, 6.45) is 3.53. The molecular weight excluding hydrogens is 296 g/mol. The molecule has 2 aromatic heterocycles. The second-order valence-electron chi connectivity index (χ2n) is 5.92. The van der Waals surface area contributed by atoms with Crippen molar-refractivity contribution in [3.8, 4) is 11.3 Å². The number of benzene rings is 1. The van der Waals surface area contributed by atoms with Gasteiger partial charge >= 0.3 is 5.97 Å². The van der Waals surface area contributed by atoms with Gasteiger partial charge in [0.1, 0.15) is 0 Å². The van der Waals surface area contributed by atoms with Crippen LogP contribution in [0.25, 0.3) is 16.2 Å². The lowest BCUT2D eigenvalue weighted by molar-refractivity contribution is -0.138. The highest BCUT2D eigenvalue weighted by atomic mass is 32.1. The van der Waals surface area contributed by atoms with Gasteiger partial charge < -0.3 is 5.11 Å². The fourth-order valence-corrected chi connectivity index (χ4v) is 4.32. The molecule has 0 saturated heterocycles. The predicted octanol–water partition coefficient (Wildman–Crippen LogP) is 3.79. The number of carboxylic acid groups (broad SMARTS) is 1. The molecule has 112 valence electrons. The average Bonchev–Trinajstić information content (AvgIpc) is 3.11. The Bertz CT molecular complexity index is 907. The molecule has 1 aliphatic carbocycles. The zero-order valence-electron chi connectivity index (χ0n) is 12.5. The Labute approximate surface area is 132 Å². The maximum Gasteiger partial charge on any atom is 0.312 e. The first-order chi connectivity index (χ1) is 10.5. The lowest BCUT2D eigenvalue weighted by Crippen LogP contribution is -2.09. The summed E-state index contributed by atoms with van der Waals surface area (Å²) in [5, 5.41) is 9.40. The number of carboxylic acids is 1. The largest absolute Gasteiger partial charge is 0.481 e. The fourth-order valence-electron chi connectivity index (χ4n) is 3.14. The van der Waals surface area contributed by atoms with Crippen molar-refractivity contribution in [1.29, 1.82) is 0 Å². The highest BCUT2D eigenvalue weighted by molar-refractivity contribution is 7.17. The third-order valence-electron chi connectivity index (χ3n) is 4.52. The van der Waals surface area contributed by atoms with Gasteiger partial charge in [0.05, 0.1) is 17.3 Å². The molecule has 2 heterocycles. The standard InChI is InChI=1S/C17H16N2O2S/c1-9-3-4-11(7-10(9)2)13-8-19-15-12(16(20)21)5-6-14(15)22-17(19)18-13/h3-4,7-8,12H,5-6H2,1-2H3,(H,20,21). The SMILES string of the molecule is Cc1ccc(-c2cn3c4c(sc3n2)CCC4C(=O)O)cc1C. The number of aromatic nitrogens is 2. The number of hydrogen-bond acceptors (Lipinski definition) is 3. The van der Waals surface area contributed by atoms with Gasteiger partial charge in [0.25, 0.3) is 0 Å².